The number of aromatic nitrogens is 1. The Labute approximate surface area is 134 Å². The number of amides is 1. The number of carbonyl (C=O) groups excluding carboxylic acids is 1. The molecule has 4 nitrogen and oxygen atoms in total. The van der Waals surface area contributed by atoms with Gasteiger partial charge in [0.1, 0.15) is 5.82 Å². The van der Waals surface area contributed by atoms with Crippen molar-refractivity contribution in [3.05, 3.63) is 50.5 Å². The van der Waals surface area contributed by atoms with Gasteiger partial charge in [-0.15, -0.1) is 0 Å². The van der Waals surface area contributed by atoms with Gasteiger partial charge in [0, 0.05) is 27.3 Å². The standard InChI is InChI=1S/C14H13Br2N3O/c1-8-5-9(6-13(17-2)18-8)14(20)19-12-7-10(15)3-4-11(12)16/h3-7H,1-2H3,(H,17,18)(H,19,20). The molecule has 2 aromatic rings. The summed E-state index contributed by atoms with van der Waals surface area (Å²) in [6.07, 6.45) is 0. The number of nitrogens with zero attached hydrogens (tertiary/aromatic N) is 1. The molecule has 1 heterocycles. The first-order chi connectivity index (χ1) is 9.49. The first-order valence-electron chi connectivity index (χ1n) is 5.92. The van der Waals surface area contributed by atoms with E-state index in [4.69, 9.17) is 0 Å². The van der Waals surface area contributed by atoms with Crippen LogP contribution in [0.25, 0.3) is 0 Å². The lowest BCUT2D eigenvalue weighted by Gasteiger charge is -2.09. The summed E-state index contributed by atoms with van der Waals surface area (Å²) in [5.74, 6) is 0.495. The van der Waals surface area contributed by atoms with Gasteiger partial charge in [0.05, 0.1) is 5.69 Å². The number of carbonyl (C=O) groups is 1. The molecule has 0 radical (unpaired) electrons. The number of hydrogen-bond donors (Lipinski definition) is 2. The van der Waals surface area contributed by atoms with Gasteiger partial charge in [0.25, 0.3) is 5.91 Å². The highest BCUT2D eigenvalue weighted by molar-refractivity contribution is 9.11. The second-order valence-corrected chi connectivity index (χ2v) is 5.98. The van der Waals surface area contributed by atoms with E-state index in [1.54, 1.807) is 19.2 Å². The van der Waals surface area contributed by atoms with Crippen LogP contribution >= 0.6 is 31.9 Å². The van der Waals surface area contributed by atoms with Crippen LogP contribution in [0, 0.1) is 6.92 Å². The quantitative estimate of drug-likeness (QED) is 0.814. The number of benzene rings is 1. The molecule has 0 bridgehead atoms. The fourth-order valence-electron chi connectivity index (χ4n) is 1.72. The van der Waals surface area contributed by atoms with Crippen LogP contribution in [0.4, 0.5) is 11.5 Å². The Morgan fingerprint density at radius 3 is 2.65 bits per heavy atom. The van der Waals surface area contributed by atoms with E-state index in [1.165, 1.54) is 0 Å². The number of rotatable bonds is 3. The fourth-order valence-corrected chi connectivity index (χ4v) is 2.42. The summed E-state index contributed by atoms with van der Waals surface area (Å²) in [7, 11) is 1.77. The van der Waals surface area contributed by atoms with Crippen molar-refractivity contribution in [3.63, 3.8) is 0 Å². The predicted octanol–water partition coefficient (Wildman–Crippen LogP) is 4.21. The lowest BCUT2D eigenvalue weighted by Crippen LogP contribution is -2.13. The van der Waals surface area contributed by atoms with Crippen LogP contribution in [0.5, 0.6) is 0 Å². The number of pyridine rings is 1. The van der Waals surface area contributed by atoms with E-state index >= 15 is 0 Å². The van der Waals surface area contributed by atoms with Gasteiger partial charge in [-0.3, -0.25) is 4.79 Å². The highest BCUT2D eigenvalue weighted by Crippen LogP contribution is 2.26. The van der Waals surface area contributed by atoms with E-state index in [-0.39, 0.29) is 5.91 Å². The summed E-state index contributed by atoms with van der Waals surface area (Å²) < 4.78 is 1.73. The van der Waals surface area contributed by atoms with Crippen molar-refractivity contribution in [1.82, 2.24) is 4.98 Å². The van der Waals surface area contributed by atoms with Gasteiger partial charge >= 0.3 is 0 Å². The third kappa shape index (κ3) is 3.58. The third-order valence-corrected chi connectivity index (χ3v) is 3.83. The van der Waals surface area contributed by atoms with E-state index in [1.807, 2.05) is 25.1 Å². The Bertz CT molecular complexity index is 659. The molecule has 0 aliphatic carbocycles. The van der Waals surface area contributed by atoms with Gasteiger partial charge in [-0.25, -0.2) is 4.98 Å². The second kappa shape index (κ2) is 6.37. The molecule has 0 aliphatic heterocycles. The zero-order valence-corrected chi connectivity index (χ0v) is 14.2. The highest BCUT2D eigenvalue weighted by atomic mass is 79.9. The molecular weight excluding hydrogens is 386 g/mol. The molecule has 0 spiro atoms. The molecule has 104 valence electrons. The summed E-state index contributed by atoms with van der Waals surface area (Å²) >= 11 is 6.80. The SMILES string of the molecule is CNc1cc(C(=O)Nc2cc(Br)ccc2Br)cc(C)n1. The molecule has 0 fully saturated rings. The van der Waals surface area contributed by atoms with Crippen molar-refractivity contribution in [2.45, 2.75) is 6.92 Å². The molecule has 0 atom stereocenters. The number of nitrogens with one attached hydrogen (secondary N) is 2. The van der Waals surface area contributed by atoms with Crippen LogP contribution < -0.4 is 10.6 Å². The average molecular weight is 399 g/mol. The van der Waals surface area contributed by atoms with E-state index in [9.17, 15) is 4.79 Å². The Morgan fingerprint density at radius 1 is 1.20 bits per heavy atom. The molecular formula is C14H13Br2N3O. The Balaban J connectivity index is 2.28. The summed E-state index contributed by atoms with van der Waals surface area (Å²) in [5, 5.41) is 5.81. The van der Waals surface area contributed by atoms with Crippen molar-refractivity contribution >= 4 is 49.3 Å². The topological polar surface area (TPSA) is 54.0 Å². The molecule has 0 aliphatic rings. The van der Waals surface area contributed by atoms with Gasteiger partial charge in [0.15, 0.2) is 0 Å². The largest absolute Gasteiger partial charge is 0.373 e. The van der Waals surface area contributed by atoms with E-state index in [0.29, 0.717) is 17.1 Å². The molecule has 0 saturated heterocycles. The van der Waals surface area contributed by atoms with Crippen LogP contribution in [0.15, 0.2) is 39.3 Å². The van der Waals surface area contributed by atoms with Gasteiger partial charge in [-0.2, -0.15) is 0 Å². The van der Waals surface area contributed by atoms with Crippen LogP contribution in [0.1, 0.15) is 16.1 Å². The lowest BCUT2D eigenvalue weighted by atomic mass is 10.2. The number of anilines is 2. The summed E-state index contributed by atoms with van der Waals surface area (Å²) in [6, 6.07) is 9.08. The van der Waals surface area contributed by atoms with Crippen molar-refractivity contribution in [2.75, 3.05) is 17.7 Å². The average Bonchev–Trinajstić information content (AvgIpc) is 2.42. The molecule has 1 amide bonds. The van der Waals surface area contributed by atoms with E-state index in [0.717, 1.165) is 14.6 Å². The van der Waals surface area contributed by atoms with Gasteiger partial charge in [0.2, 0.25) is 0 Å². The molecule has 0 unspecified atom stereocenters. The maximum atomic E-state index is 12.3. The molecule has 20 heavy (non-hydrogen) atoms. The van der Waals surface area contributed by atoms with Crippen LogP contribution in [-0.2, 0) is 0 Å². The van der Waals surface area contributed by atoms with E-state index in [2.05, 4.69) is 47.5 Å². The summed E-state index contributed by atoms with van der Waals surface area (Å²) in [4.78, 5) is 16.6. The van der Waals surface area contributed by atoms with Crippen molar-refractivity contribution in [3.8, 4) is 0 Å². The number of hydrogen-bond acceptors (Lipinski definition) is 3. The predicted molar refractivity (Wildman–Crippen MR) is 88.3 cm³/mol. The molecule has 6 heteroatoms. The minimum Gasteiger partial charge on any atom is -0.373 e. The normalized spacial score (nSPS) is 10.2. The minimum atomic E-state index is -0.175. The van der Waals surface area contributed by atoms with Crippen LogP contribution in [0.2, 0.25) is 0 Å². The molecule has 1 aromatic heterocycles. The fraction of sp³-hybridized carbons (Fsp3) is 0.143. The number of halogens is 2. The second-order valence-electron chi connectivity index (χ2n) is 4.21. The lowest BCUT2D eigenvalue weighted by molar-refractivity contribution is 0.102. The molecule has 0 saturated carbocycles. The van der Waals surface area contributed by atoms with Gasteiger partial charge in [-0.1, -0.05) is 15.9 Å². The summed E-state index contributed by atoms with van der Waals surface area (Å²) in [5.41, 5.74) is 2.06. The monoisotopic (exact) mass is 397 g/mol. The molecule has 2 N–H and O–H groups in total. The Kier molecular flexibility index (Phi) is 4.77. The van der Waals surface area contributed by atoms with Crippen molar-refractivity contribution in [2.24, 2.45) is 0 Å². The highest BCUT2D eigenvalue weighted by Gasteiger charge is 2.10. The zero-order chi connectivity index (χ0) is 14.7. The van der Waals surface area contributed by atoms with Crippen LogP contribution in [-0.4, -0.2) is 17.9 Å². The maximum Gasteiger partial charge on any atom is 0.255 e. The van der Waals surface area contributed by atoms with Crippen LogP contribution in [0.3, 0.4) is 0 Å². The third-order valence-electron chi connectivity index (χ3n) is 2.65. The molecule has 1 aromatic carbocycles. The Hall–Kier alpha value is -1.40. The molecule has 2 rings (SSSR count). The van der Waals surface area contributed by atoms with Gasteiger partial charge < -0.3 is 10.6 Å². The van der Waals surface area contributed by atoms with E-state index < -0.39 is 0 Å². The summed E-state index contributed by atoms with van der Waals surface area (Å²) in [6.45, 7) is 1.85. The smallest absolute Gasteiger partial charge is 0.255 e. The zero-order valence-electron chi connectivity index (χ0n) is 11.0. The Morgan fingerprint density at radius 2 is 1.95 bits per heavy atom. The first-order valence-corrected chi connectivity index (χ1v) is 7.51. The first kappa shape index (κ1) is 15.0. The van der Waals surface area contributed by atoms with Crippen molar-refractivity contribution in [1.29, 1.82) is 0 Å². The minimum absolute atomic E-state index is 0.175. The number of aryl methyl sites for hydroxylation is 1. The van der Waals surface area contributed by atoms with Crippen molar-refractivity contribution < 1.29 is 4.79 Å². The van der Waals surface area contributed by atoms with Gasteiger partial charge in [-0.05, 0) is 53.2 Å². The maximum absolute atomic E-state index is 12.3.